The van der Waals surface area contributed by atoms with E-state index in [1.807, 2.05) is 44.2 Å². The summed E-state index contributed by atoms with van der Waals surface area (Å²) >= 11 is 0. The Hall–Kier alpha value is -2.63. The van der Waals surface area contributed by atoms with Crippen LogP contribution in [0.3, 0.4) is 0 Å². The minimum Gasteiger partial charge on any atom is -0.336 e. The van der Waals surface area contributed by atoms with Crippen molar-refractivity contribution in [1.29, 1.82) is 0 Å². The number of carbonyl (C=O) groups is 2. The number of anilines is 1. The van der Waals surface area contributed by atoms with E-state index in [0.717, 1.165) is 42.6 Å². The highest BCUT2D eigenvalue weighted by molar-refractivity contribution is 5.94. The molecule has 2 aromatic rings. The lowest BCUT2D eigenvalue weighted by atomic mass is 9.92. The van der Waals surface area contributed by atoms with Crippen LogP contribution in [0.5, 0.6) is 0 Å². The van der Waals surface area contributed by atoms with E-state index < -0.39 is 0 Å². The standard InChI is InChI=1S/C25H38N4O2/c1-8-10-11-19(9-2)24(31)28(7)17-23(30)26-22-16-21(25(4,5)6)27-29(22)20-14-12-18(3)13-15-20/h12-16,19H,8-11,17H2,1-7H3,(H,26,30). The third-order valence-corrected chi connectivity index (χ3v) is 5.53. The molecule has 0 saturated carbocycles. The van der Waals surface area contributed by atoms with Gasteiger partial charge >= 0.3 is 0 Å². The molecule has 0 radical (unpaired) electrons. The molecular formula is C25H38N4O2. The number of hydrogen-bond acceptors (Lipinski definition) is 3. The van der Waals surface area contributed by atoms with Crippen molar-refractivity contribution in [2.24, 2.45) is 5.92 Å². The van der Waals surface area contributed by atoms with Gasteiger partial charge in [-0.2, -0.15) is 5.10 Å². The SMILES string of the molecule is CCCCC(CC)C(=O)N(C)CC(=O)Nc1cc(C(C)(C)C)nn1-c1ccc(C)cc1. The van der Waals surface area contributed by atoms with Crippen molar-refractivity contribution in [2.75, 3.05) is 18.9 Å². The van der Waals surface area contributed by atoms with Crippen LogP contribution in [0.4, 0.5) is 5.82 Å². The van der Waals surface area contributed by atoms with Gasteiger partial charge in [0.25, 0.3) is 0 Å². The van der Waals surface area contributed by atoms with E-state index in [0.29, 0.717) is 5.82 Å². The maximum atomic E-state index is 12.8. The van der Waals surface area contributed by atoms with E-state index in [9.17, 15) is 9.59 Å². The molecule has 0 aliphatic carbocycles. The molecule has 6 heteroatoms. The number of unbranched alkanes of at least 4 members (excludes halogenated alkanes) is 1. The van der Waals surface area contributed by atoms with Crippen molar-refractivity contribution in [3.8, 4) is 5.69 Å². The van der Waals surface area contributed by atoms with Crippen LogP contribution in [-0.2, 0) is 15.0 Å². The molecule has 170 valence electrons. The quantitative estimate of drug-likeness (QED) is 0.607. The Bertz CT molecular complexity index is 878. The van der Waals surface area contributed by atoms with Crippen molar-refractivity contribution in [2.45, 2.75) is 72.6 Å². The van der Waals surface area contributed by atoms with Crippen LogP contribution < -0.4 is 5.32 Å². The molecule has 1 aromatic heterocycles. The van der Waals surface area contributed by atoms with Crippen LogP contribution in [0.2, 0.25) is 0 Å². The van der Waals surface area contributed by atoms with Crippen molar-refractivity contribution >= 4 is 17.6 Å². The van der Waals surface area contributed by atoms with Gasteiger partial charge in [0.2, 0.25) is 11.8 Å². The van der Waals surface area contributed by atoms with Crippen LogP contribution in [-0.4, -0.2) is 40.1 Å². The lowest BCUT2D eigenvalue weighted by molar-refractivity contribution is -0.137. The van der Waals surface area contributed by atoms with E-state index in [2.05, 4.69) is 33.0 Å². The second-order valence-electron chi connectivity index (χ2n) is 9.40. The number of aromatic nitrogens is 2. The predicted octanol–water partition coefficient (Wildman–Crippen LogP) is 5.09. The number of likely N-dealkylation sites (N-methyl/N-ethyl adjacent to an activating group) is 1. The average Bonchev–Trinajstić information content (AvgIpc) is 3.13. The van der Waals surface area contributed by atoms with Gasteiger partial charge in [0.15, 0.2) is 0 Å². The summed E-state index contributed by atoms with van der Waals surface area (Å²) in [6, 6.07) is 9.93. The van der Waals surface area contributed by atoms with E-state index in [1.165, 1.54) is 4.90 Å². The summed E-state index contributed by atoms with van der Waals surface area (Å²) in [4.78, 5) is 27.1. The van der Waals surface area contributed by atoms with Gasteiger partial charge in [0.1, 0.15) is 5.82 Å². The summed E-state index contributed by atoms with van der Waals surface area (Å²) in [7, 11) is 1.70. The molecule has 6 nitrogen and oxygen atoms in total. The highest BCUT2D eigenvalue weighted by Crippen LogP contribution is 2.26. The number of rotatable bonds is 9. The van der Waals surface area contributed by atoms with E-state index in [4.69, 9.17) is 5.10 Å². The van der Waals surface area contributed by atoms with Crippen molar-refractivity contribution in [3.63, 3.8) is 0 Å². The van der Waals surface area contributed by atoms with Gasteiger partial charge in [-0.25, -0.2) is 4.68 Å². The molecule has 0 bridgehead atoms. The normalized spacial score (nSPS) is 12.5. The Morgan fingerprint density at radius 2 is 1.81 bits per heavy atom. The molecule has 2 amide bonds. The molecular weight excluding hydrogens is 388 g/mol. The van der Waals surface area contributed by atoms with Gasteiger partial charge in [-0.3, -0.25) is 9.59 Å². The molecule has 1 N–H and O–H groups in total. The largest absolute Gasteiger partial charge is 0.336 e. The summed E-state index contributed by atoms with van der Waals surface area (Å²) in [5.74, 6) is 0.393. The zero-order valence-corrected chi connectivity index (χ0v) is 20.2. The molecule has 0 aliphatic rings. The smallest absolute Gasteiger partial charge is 0.245 e. The molecule has 0 aliphatic heterocycles. The molecule has 1 aromatic carbocycles. The maximum Gasteiger partial charge on any atom is 0.245 e. The second-order valence-corrected chi connectivity index (χ2v) is 9.40. The van der Waals surface area contributed by atoms with E-state index in [-0.39, 0.29) is 29.7 Å². The average molecular weight is 427 g/mol. The summed E-state index contributed by atoms with van der Waals surface area (Å²) in [6.07, 6.45) is 3.75. The third kappa shape index (κ3) is 6.68. The zero-order valence-electron chi connectivity index (χ0n) is 20.2. The lowest BCUT2D eigenvalue weighted by Gasteiger charge is -2.22. The Kier molecular flexibility index (Phi) is 8.43. The lowest BCUT2D eigenvalue weighted by Crippen LogP contribution is -2.38. The van der Waals surface area contributed by atoms with Gasteiger partial charge in [-0.15, -0.1) is 0 Å². The van der Waals surface area contributed by atoms with Gasteiger partial charge in [-0.05, 0) is 31.9 Å². The molecule has 1 unspecified atom stereocenters. The first-order valence-electron chi connectivity index (χ1n) is 11.3. The predicted molar refractivity (Wildman–Crippen MR) is 127 cm³/mol. The number of amides is 2. The minimum absolute atomic E-state index is 0.0192. The Morgan fingerprint density at radius 1 is 1.16 bits per heavy atom. The zero-order chi connectivity index (χ0) is 23.2. The summed E-state index contributed by atoms with van der Waals surface area (Å²) < 4.78 is 1.76. The van der Waals surface area contributed by atoms with Crippen molar-refractivity contribution in [3.05, 3.63) is 41.6 Å². The first-order valence-corrected chi connectivity index (χ1v) is 11.3. The molecule has 0 fully saturated rings. The molecule has 1 atom stereocenters. The number of hydrogen-bond donors (Lipinski definition) is 1. The van der Waals surface area contributed by atoms with E-state index in [1.54, 1.807) is 11.7 Å². The monoisotopic (exact) mass is 426 g/mol. The second kappa shape index (κ2) is 10.6. The van der Waals surface area contributed by atoms with Crippen molar-refractivity contribution in [1.82, 2.24) is 14.7 Å². The van der Waals surface area contributed by atoms with Crippen LogP contribution >= 0.6 is 0 Å². The van der Waals surface area contributed by atoms with Gasteiger partial charge in [-0.1, -0.05) is 65.2 Å². The number of aryl methyl sites for hydroxylation is 1. The number of nitrogens with one attached hydrogen (secondary N) is 1. The highest BCUT2D eigenvalue weighted by atomic mass is 16.2. The Balaban J connectivity index is 2.19. The van der Waals surface area contributed by atoms with Gasteiger partial charge in [0.05, 0.1) is 17.9 Å². The minimum atomic E-state index is -0.227. The van der Waals surface area contributed by atoms with Crippen molar-refractivity contribution < 1.29 is 9.59 Å². The maximum absolute atomic E-state index is 12.8. The van der Waals surface area contributed by atoms with Crippen LogP contribution in [0.1, 0.15) is 71.6 Å². The first-order chi connectivity index (χ1) is 14.6. The number of nitrogens with zero attached hydrogens (tertiary/aromatic N) is 3. The molecule has 31 heavy (non-hydrogen) atoms. The molecule has 0 spiro atoms. The van der Waals surface area contributed by atoms with E-state index >= 15 is 0 Å². The first kappa shape index (κ1) is 24.6. The molecule has 2 rings (SSSR count). The fraction of sp³-hybridized carbons (Fsp3) is 0.560. The summed E-state index contributed by atoms with van der Waals surface area (Å²) in [6.45, 7) is 12.5. The third-order valence-electron chi connectivity index (χ3n) is 5.53. The number of carbonyl (C=O) groups excluding carboxylic acids is 2. The van der Waals surface area contributed by atoms with Gasteiger partial charge < -0.3 is 10.2 Å². The van der Waals surface area contributed by atoms with Crippen LogP contribution in [0.15, 0.2) is 30.3 Å². The van der Waals surface area contributed by atoms with Crippen LogP contribution in [0.25, 0.3) is 5.69 Å². The van der Waals surface area contributed by atoms with Crippen LogP contribution in [0, 0.1) is 12.8 Å². The number of benzene rings is 1. The molecule has 1 heterocycles. The topological polar surface area (TPSA) is 67.2 Å². The summed E-state index contributed by atoms with van der Waals surface area (Å²) in [5, 5.41) is 7.71. The fourth-order valence-electron chi connectivity index (χ4n) is 3.46. The summed E-state index contributed by atoms with van der Waals surface area (Å²) in [5.41, 5.74) is 2.77. The molecule has 0 saturated heterocycles. The highest BCUT2D eigenvalue weighted by Gasteiger charge is 2.24. The fourth-order valence-corrected chi connectivity index (χ4v) is 3.46. The van der Waals surface area contributed by atoms with Gasteiger partial charge in [0, 0.05) is 24.4 Å². The Morgan fingerprint density at radius 3 is 2.35 bits per heavy atom. The Labute approximate surface area is 187 Å².